The van der Waals surface area contributed by atoms with Crippen LogP contribution in [0.4, 0.5) is 26.4 Å². The van der Waals surface area contributed by atoms with Gasteiger partial charge < -0.3 is 64.4 Å². The van der Waals surface area contributed by atoms with Gasteiger partial charge in [0, 0.05) is 60.8 Å². The molecule has 528 valence electrons. The van der Waals surface area contributed by atoms with Crippen LogP contribution in [0.2, 0.25) is 0 Å². The summed E-state index contributed by atoms with van der Waals surface area (Å²) in [5.74, 6) is -6.53. The third-order valence-electron chi connectivity index (χ3n) is 20.1. The molecule has 101 heavy (non-hydrogen) atoms. The molecule has 2 saturated heterocycles. The third-order valence-corrected chi connectivity index (χ3v) is 20.1. The van der Waals surface area contributed by atoms with Crippen LogP contribution in [0.5, 0.6) is 0 Å². The molecule has 2 bridgehead atoms. The molecule has 5 heterocycles. The highest BCUT2D eigenvalue weighted by atomic mass is 19.1. The van der Waals surface area contributed by atoms with Crippen molar-refractivity contribution in [1.29, 1.82) is 0 Å². The molecule has 5 aliphatic rings. The maximum absolute atomic E-state index is 15.5. The Labute approximate surface area is 579 Å². The summed E-state index contributed by atoms with van der Waals surface area (Å²) in [6.45, 7) is 12.4. The maximum Gasteiger partial charge on any atom is 0.411 e. The summed E-state index contributed by atoms with van der Waals surface area (Å²) in [6, 6.07) is 35.3. The SMILES string of the molecule is CC(=O)O[C@H]1C(=O)[C@@]2(C)[C@H]([C@H](OC(=O)c3ccccc3)[C@]3(O)C[C@H](OC(=O)[C@H](O)[C@@H](NC(=O)c4ccccc4)c4ccccc4)C(C)=C1C3(C)C)[C@]1(OC(C)=O)CO[C@@H]1C[C@@H]2O.Cc1c(NC(=O)OC[C@@H]2COCCN2)cn2ncnc(Nc3ccc4c(cnn4Cc4cccc(F)c4)c3)c12. The number of aliphatic hydroxyl groups excluding tert-OH is 2. The van der Waals surface area contributed by atoms with Gasteiger partial charge in [0.1, 0.15) is 48.2 Å². The number of aromatic nitrogens is 5. The predicted octanol–water partition coefficient (Wildman–Crippen LogP) is 7.59. The Hall–Kier alpha value is -10.3. The van der Waals surface area contributed by atoms with Crippen LogP contribution in [0.15, 0.2) is 163 Å². The van der Waals surface area contributed by atoms with Crippen molar-refractivity contribution in [2.75, 3.05) is 43.6 Å². The van der Waals surface area contributed by atoms with E-state index in [2.05, 4.69) is 36.4 Å². The molecule has 0 radical (unpaired) electrons. The van der Waals surface area contributed by atoms with Gasteiger partial charge in [-0.15, -0.1) is 0 Å². The summed E-state index contributed by atoms with van der Waals surface area (Å²) in [5, 5.41) is 59.3. The van der Waals surface area contributed by atoms with E-state index in [1.165, 1.54) is 44.4 Å². The number of nitrogens with one attached hydrogen (secondary N) is 4. The minimum Gasteiger partial charge on any atom is -0.456 e. The topological polar surface area (TPSA) is 341 Å². The molecule has 0 spiro atoms. The first-order valence-electron chi connectivity index (χ1n) is 33.1. The second kappa shape index (κ2) is 28.7. The molecular formula is C74H78FN9O17. The maximum atomic E-state index is 15.5. The number of carbonyl (C=O) groups excluding carboxylic acids is 7. The second-order valence-electron chi connectivity index (χ2n) is 26.7. The van der Waals surface area contributed by atoms with E-state index in [0.29, 0.717) is 36.8 Å². The summed E-state index contributed by atoms with van der Waals surface area (Å²) >= 11 is 0. The molecule has 12 atom stereocenters. The van der Waals surface area contributed by atoms with Crippen molar-refractivity contribution in [2.45, 2.75) is 128 Å². The fraction of sp³-hybridized carbons (Fsp3) is 0.378. The van der Waals surface area contributed by atoms with Crippen LogP contribution in [-0.4, -0.2) is 168 Å². The van der Waals surface area contributed by atoms with Crippen molar-refractivity contribution in [3.8, 4) is 0 Å². The smallest absolute Gasteiger partial charge is 0.411 e. The average molecular weight is 1380 g/mol. The molecule has 5 aromatic carbocycles. The number of halogens is 1. The van der Waals surface area contributed by atoms with E-state index in [-0.39, 0.29) is 53.8 Å². The zero-order chi connectivity index (χ0) is 71.7. The van der Waals surface area contributed by atoms with E-state index in [9.17, 15) is 48.5 Å². The summed E-state index contributed by atoms with van der Waals surface area (Å²) in [7, 11) is 0. The number of carbonyl (C=O) groups is 7. The minimum atomic E-state index is -2.39. The molecule has 26 nitrogen and oxygen atoms in total. The van der Waals surface area contributed by atoms with Crippen molar-refractivity contribution in [1.82, 2.24) is 35.0 Å². The zero-order valence-electron chi connectivity index (χ0n) is 56.5. The van der Waals surface area contributed by atoms with Crippen LogP contribution < -0.4 is 21.3 Å². The molecular weight excluding hydrogens is 1310 g/mol. The number of hydrogen-bond acceptors (Lipinski definition) is 22. The number of ether oxygens (including phenoxy) is 7. The van der Waals surface area contributed by atoms with Crippen LogP contribution in [0.3, 0.4) is 0 Å². The normalized spacial score (nSPS) is 25.5. The molecule has 2 saturated carbocycles. The molecule has 2 amide bonds. The van der Waals surface area contributed by atoms with Gasteiger partial charge in [0.15, 0.2) is 29.4 Å². The lowest BCUT2D eigenvalue weighted by Crippen LogP contribution is -2.82. The number of rotatable bonds is 17. The number of hydrogen-bond donors (Lipinski definition) is 7. The number of aliphatic hydroxyl groups is 3. The number of anilines is 3. The predicted molar refractivity (Wildman–Crippen MR) is 362 cm³/mol. The number of benzene rings is 5. The first-order valence-corrected chi connectivity index (χ1v) is 33.1. The number of Topliss-reactive ketones (excluding diaryl/α,β-unsaturated/α-hetero) is 1. The molecule has 13 rings (SSSR count). The van der Waals surface area contributed by atoms with Gasteiger partial charge in [-0.25, -0.2) is 28.3 Å². The minimum absolute atomic E-state index is 0.00289. The fourth-order valence-corrected chi connectivity index (χ4v) is 14.8. The van der Waals surface area contributed by atoms with Crippen LogP contribution in [0.25, 0.3) is 16.4 Å². The highest BCUT2D eigenvalue weighted by Crippen LogP contribution is 2.64. The molecule has 3 aliphatic carbocycles. The summed E-state index contributed by atoms with van der Waals surface area (Å²) in [5.41, 5.74) is -2.36. The van der Waals surface area contributed by atoms with E-state index < -0.39 is 119 Å². The van der Waals surface area contributed by atoms with Crippen molar-refractivity contribution in [2.24, 2.45) is 16.7 Å². The Bertz CT molecular complexity index is 4490. The lowest BCUT2D eigenvalue weighted by Gasteiger charge is -2.67. The Morgan fingerprint density at radius 1 is 0.851 bits per heavy atom. The largest absolute Gasteiger partial charge is 0.456 e. The van der Waals surface area contributed by atoms with Crippen molar-refractivity contribution in [3.05, 3.63) is 197 Å². The monoisotopic (exact) mass is 1380 g/mol. The molecule has 8 aromatic rings. The highest BCUT2D eigenvalue weighted by Gasteiger charge is 2.78. The van der Waals surface area contributed by atoms with Crippen molar-refractivity contribution in [3.63, 3.8) is 0 Å². The lowest BCUT2D eigenvalue weighted by molar-refractivity contribution is -0.346. The molecule has 2 aliphatic heterocycles. The standard InChI is InChI=1S/C47H51NO14.C27H27FN8O3/c1-25-31(60-43(56)36(52)35(28-16-10-7-11-17-28)48-41(54)29-18-12-8-13-19-29)23-47(57)40(61-42(55)30-20-14-9-15-21-30)38-45(6,32(51)22-33-46(38,24-58-33)62-27(3)50)39(53)37(59-26(2)49)34(25)44(47,4)5;1-17-23(34-27(37)39-15-22-14-38-8-7-29-22)13-36-25(17)26(30-16-32-36)33-21-5-6-24-19(10-21)11-31-35(24)12-18-3-2-4-20(28)9-18/h7-21,31-33,35-38,40,51-52,57H,22-24H2,1-6H3,(H,48,54);2-6,9-11,13,16,22,29H,7-8,12,14-15H2,1H3,(H,34,37)(H,30,32,33)/t31-,32-,33+,35-,36+,37+,38-,40-,45+,46-,47+;22-/m00/s1. The van der Waals surface area contributed by atoms with Gasteiger partial charge in [-0.05, 0) is 97.6 Å². The summed E-state index contributed by atoms with van der Waals surface area (Å²) in [6.07, 6.45) is -6.12. The second-order valence-corrected chi connectivity index (χ2v) is 26.7. The Balaban J connectivity index is 0.000000211. The van der Waals surface area contributed by atoms with E-state index in [4.69, 9.17) is 33.2 Å². The summed E-state index contributed by atoms with van der Waals surface area (Å²) < 4.78 is 58.1. The number of nitrogens with zero attached hydrogens (tertiary/aromatic N) is 5. The highest BCUT2D eigenvalue weighted by molar-refractivity contribution is 5.97. The number of amides is 2. The van der Waals surface area contributed by atoms with E-state index >= 15 is 4.79 Å². The van der Waals surface area contributed by atoms with Crippen molar-refractivity contribution < 1.29 is 86.4 Å². The molecule has 0 unspecified atom stereocenters. The van der Waals surface area contributed by atoms with Gasteiger partial charge in [0.25, 0.3) is 5.91 Å². The van der Waals surface area contributed by atoms with Gasteiger partial charge in [-0.3, -0.25) is 29.2 Å². The number of fused-ring (bicyclic) bond motifs is 7. The quantitative estimate of drug-likeness (QED) is 0.0262. The van der Waals surface area contributed by atoms with E-state index in [1.807, 2.05) is 35.9 Å². The average Bonchev–Trinajstić information content (AvgIpc) is 1.03. The molecule has 3 aromatic heterocycles. The first kappa shape index (κ1) is 70.6. The Kier molecular flexibility index (Phi) is 20.1. The first-order chi connectivity index (χ1) is 48.3. The fourth-order valence-electron chi connectivity index (χ4n) is 14.8. The van der Waals surface area contributed by atoms with Gasteiger partial charge in [-0.1, -0.05) is 92.7 Å². The van der Waals surface area contributed by atoms with Crippen molar-refractivity contribution >= 4 is 75.3 Å². The molecule has 27 heteroatoms. The lowest BCUT2D eigenvalue weighted by atomic mass is 9.44. The number of morpholine rings is 1. The Morgan fingerprint density at radius 3 is 2.23 bits per heavy atom. The third kappa shape index (κ3) is 13.8. The van der Waals surface area contributed by atoms with Gasteiger partial charge in [0.2, 0.25) is 0 Å². The Morgan fingerprint density at radius 2 is 1.56 bits per heavy atom. The number of esters is 4. The van der Waals surface area contributed by atoms with Gasteiger partial charge in [0.05, 0.1) is 85.0 Å². The summed E-state index contributed by atoms with van der Waals surface area (Å²) in [4.78, 5) is 100. The zero-order valence-corrected chi connectivity index (χ0v) is 56.5. The van der Waals surface area contributed by atoms with Gasteiger partial charge in [-0.2, -0.15) is 10.2 Å². The number of ketones is 1. The number of aryl methyl sites for hydroxylation is 1. The van der Waals surface area contributed by atoms with Crippen LogP contribution in [0, 0.1) is 29.5 Å². The van der Waals surface area contributed by atoms with E-state index in [1.54, 1.807) is 116 Å². The van der Waals surface area contributed by atoms with Crippen LogP contribution in [0.1, 0.15) is 97.8 Å². The van der Waals surface area contributed by atoms with Crippen LogP contribution >= 0.6 is 0 Å². The van der Waals surface area contributed by atoms with Gasteiger partial charge >= 0.3 is 30.0 Å². The van der Waals surface area contributed by atoms with Crippen LogP contribution in [-0.2, 0) is 58.9 Å². The molecule has 7 N–H and O–H groups in total. The van der Waals surface area contributed by atoms with E-state index in [0.717, 1.165) is 53.6 Å². The molecule has 4 fully saturated rings.